The molecule has 0 radical (unpaired) electrons. The number of guanidine groups is 1. The number of pyridine rings is 1. The largest absolute Gasteiger partial charge is 0.357 e. The van der Waals surface area contributed by atoms with E-state index in [0.717, 1.165) is 5.56 Å². The number of benzene rings is 1. The van der Waals surface area contributed by atoms with Crippen molar-refractivity contribution in [3.05, 3.63) is 59.9 Å². The number of hydrogen-bond acceptors (Lipinski definition) is 5. The first-order valence-corrected chi connectivity index (χ1v) is 11.5. The zero-order valence-corrected chi connectivity index (χ0v) is 21.7. The van der Waals surface area contributed by atoms with Crippen LogP contribution >= 0.6 is 24.0 Å². The molecule has 0 aliphatic carbocycles. The molecule has 11 heteroatoms. The van der Waals surface area contributed by atoms with Gasteiger partial charge in [-0.2, -0.15) is 0 Å². The summed E-state index contributed by atoms with van der Waals surface area (Å²) in [6.07, 6.45) is 3.54. The van der Waals surface area contributed by atoms with E-state index in [1.54, 1.807) is 31.1 Å². The molecular formula is C21H31IN6O3S. The fourth-order valence-electron chi connectivity index (χ4n) is 2.72. The van der Waals surface area contributed by atoms with Gasteiger partial charge in [0.1, 0.15) is 4.90 Å². The van der Waals surface area contributed by atoms with Gasteiger partial charge in [0.25, 0.3) is 5.91 Å². The van der Waals surface area contributed by atoms with Gasteiger partial charge in [0.05, 0.1) is 6.54 Å². The Morgan fingerprint density at radius 1 is 1.12 bits per heavy atom. The van der Waals surface area contributed by atoms with Gasteiger partial charge in [-0.1, -0.05) is 12.1 Å². The third kappa shape index (κ3) is 9.09. The molecule has 176 valence electrons. The zero-order valence-electron chi connectivity index (χ0n) is 18.5. The number of aromatic nitrogens is 1. The van der Waals surface area contributed by atoms with Gasteiger partial charge in [-0.25, -0.2) is 13.1 Å². The summed E-state index contributed by atoms with van der Waals surface area (Å²) in [5.74, 6) is 0.571. The summed E-state index contributed by atoms with van der Waals surface area (Å²) in [5.41, 5.74) is 1.70. The molecule has 3 N–H and O–H groups in total. The quantitative estimate of drug-likeness (QED) is 0.172. The number of carbonyl (C=O) groups is 1. The van der Waals surface area contributed by atoms with Crippen LogP contribution in [0.15, 0.2) is 58.7 Å². The van der Waals surface area contributed by atoms with Crippen molar-refractivity contribution in [2.24, 2.45) is 4.99 Å². The van der Waals surface area contributed by atoms with Crippen molar-refractivity contribution in [3.8, 4) is 0 Å². The van der Waals surface area contributed by atoms with E-state index >= 15 is 0 Å². The third-order valence-corrected chi connectivity index (χ3v) is 5.70. The molecule has 1 amide bonds. The molecule has 0 saturated carbocycles. The van der Waals surface area contributed by atoms with Gasteiger partial charge in [0, 0.05) is 51.7 Å². The Kier molecular flexibility index (Phi) is 12.2. The Morgan fingerprint density at radius 2 is 1.91 bits per heavy atom. The van der Waals surface area contributed by atoms with Crippen LogP contribution in [0.5, 0.6) is 0 Å². The maximum atomic E-state index is 12.2. The third-order valence-electron chi connectivity index (χ3n) is 4.25. The first kappa shape index (κ1) is 27.8. The maximum absolute atomic E-state index is 12.2. The molecule has 1 aromatic carbocycles. The fraction of sp³-hybridized carbons (Fsp3) is 0.381. The molecule has 0 bridgehead atoms. The van der Waals surface area contributed by atoms with E-state index in [1.807, 2.05) is 25.1 Å². The van der Waals surface area contributed by atoms with Crippen molar-refractivity contribution in [2.75, 3.05) is 40.3 Å². The minimum Gasteiger partial charge on any atom is -0.357 e. The van der Waals surface area contributed by atoms with Gasteiger partial charge >= 0.3 is 0 Å². The van der Waals surface area contributed by atoms with Crippen LogP contribution in [0.3, 0.4) is 0 Å². The number of hydrogen-bond donors (Lipinski definition) is 3. The number of rotatable bonds is 10. The second kappa shape index (κ2) is 14.0. The van der Waals surface area contributed by atoms with Crippen molar-refractivity contribution < 1.29 is 13.2 Å². The monoisotopic (exact) mass is 574 g/mol. The van der Waals surface area contributed by atoms with E-state index < -0.39 is 10.0 Å². The molecule has 0 spiro atoms. The van der Waals surface area contributed by atoms with Crippen molar-refractivity contribution in [1.29, 1.82) is 0 Å². The molecule has 0 aliphatic heterocycles. The minimum absolute atomic E-state index is 0. The minimum atomic E-state index is -3.59. The summed E-state index contributed by atoms with van der Waals surface area (Å²) in [7, 11) is -0.137. The summed E-state index contributed by atoms with van der Waals surface area (Å²) in [4.78, 5) is 22.0. The predicted octanol–water partition coefficient (Wildman–Crippen LogP) is 1.48. The van der Waals surface area contributed by atoms with Gasteiger partial charge in [-0.3, -0.25) is 14.8 Å². The van der Waals surface area contributed by atoms with Gasteiger partial charge in [-0.15, -0.1) is 24.0 Å². The lowest BCUT2D eigenvalue weighted by molar-refractivity contribution is 0.0827. The molecule has 0 atom stereocenters. The average Bonchev–Trinajstić information content (AvgIpc) is 2.77. The smallest absolute Gasteiger partial charge is 0.253 e. The number of sulfonamides is 1. The summed E-state index contributed by atoms with van der Waals surface area (Å²) in [6, 6.07) is 10.6. The highest BCUT2D eigenvalue weighted by Gasteiger charge is 2.12. The van der Waals surface area contributed by atoms with E-state index in [9.17, 15) is 13.2 Å². The van der Waals surface area contributed by atoms with Crippen molar-refractivity contribution >= 4 is 45.9 Å². The molecule has 0 fully saturated rings. The first-order valence-electron chi connectivity index (χ1n) is 10.1. The Balaban J connectivity index is 0.00000512. The molecule has 32 heavy (non-hydrogen) atoms. The standard InChI is InChI=1S/C21H30N6O3S.HI/c1-4-23-21(25-13-14-26-31(29,30)19-9-6-11-22-16-19)24-12-10-17-7-5-8-18(15-17)20(28)27(2)3;/h5-9,11,15-16,26H,4,10,12-14H2,1-3H3,(H2,23,24,25);1H. The molecule has 1 heterocycles. The predicted molar refractivity (Wildman–Crippen MR) is 137 cm³/mol. The SMILES string of the molecule is CCNC(=NCCNS(=O)(=O)c1cccnc1)NCCc1cccc(C(=O)N(C)C)c1.I. The van der Waals surface area contributed by atoms with Gasteiger partial charge in [0.15, 0.2) is 5.96 Å². The number of carbonyl (C=O) groups excluding carboxylic acids is 1. The molecule has 9 nitrogen and oxygen atoms in total. The fourth-order valence-corrected chi connectivity index (χ4v) is 3.71. The lowest BCUT2D eigenvalue weighted by Crippen LogP contribution is -2.39. The summed E-state index contributed by atoms with van der Waals surface area (Å²) in [6.45, 7) is 3.70. The lowest BCUT2D eigenvalue weighted by atomic mass is 10.1. The number of halogens is 1. The van der Waals surface area contributed by atoms with Crippen molar-refractivity contribution in [2.45, 2.75) is 18.2 Å². The average molecular weight is 574 g/mol. The second-order valence-electron chi connectivity index (χ2n) is 6.92. The molecule has 0 unspecified atom stereocenters. The van der Waals surface area contributed by atoms with Crippen LogP contribution in [-0.4, -0.2) is 70.4 Å². The Morgan fingerprint density at radius 3 is 2.56 bits per heavy atom. The first-order chi connectivity index (χ1) is 14.8. The highest BCUT2D eigenvalue weighted by Crippen LogP contribution is 2.08. The molecule has 0 aliphatic rings. The number of aliphatic imine (C=N–C) groups is 1. The molecular weight excluding hydrogens is 543 g/mol. The van der Waals surface area contributed by atoms with Crippen LogP contribution in [0.2, 0.25) is 0 Å². The maximum Gasteiger partial charge on any atom is 0.253 e. The summed E-state index contributed by atoms with van der Waals surface area (Å²) in [5, 5.41) is 6.36. The van der Waals surface area contributed by atoms with Crippen LogP contribution in [0.1, 0.15) is 22.8 Å². The van der Waals surface area contributed by atoms with Crippen LogP contribution < -0.4 is 15.4 Å². The van der Waals surface area contributed by atoms with E-state index in [0.29, 0.717) is 31.0 Å². The Bertz CT molecular complexity index is 984. The van der Waals surface area contributed by atoms with Gasteiger partial charge in [0.2, 0.25) is 10.0 Å². The number of nitrogens with one attached hydrogen (secondary N) is 3. The van der Waals surface area contributed by atoms with Gasteiger partial charge < -0.3 is 15.5 Å². The number of amides is 1. The van der Waals surface area contributed by atoms with E-state index in [-0.39, 0.29) is 47.9 Å². The zero-order chi connectivity index (χ0) is 22.7. The topological polar surface area (TPSA) is 116 Å². The van der Waals surface area contributed by atoms with Crippen LogP contribution in [0, 0.1) is 0 Å². The van der Waals surface area contributed by atoms with E-state index in [4.69, 9.17) is 0 Å². The lowest BCUT2D eigenvalue weighted by Gasteiger charge is -2.13. The Hall–Kier alpha value is -2.25. The molecule has 1 aromatic heterocycles. The van der Waals surface area contributed by atoms with Gasteiger partial charge in [-0.05, 0) is 43.2 Å². The van der Waals surface area contributed by atoms with Crippen LogP contribution in [0.4, 0.5) is 0 Å². The highest BCUT2D eigenvalue weighted by molar-refractivity contribution is 14.0. The second-order valence-corrected chi connectivity index (χ2v) is 8.69. The van der Waals surface area contributed by atoms with Crippen molar-refractivity contribution in [3.63, 3.8) is 0 Å². The Labute approximate surface area is 207 Å². The normalized spacial score (nSPS) is 11.4. The van der Waals surface area contributed by atoms with Crippen LogP contribution in [0.25, 0.3) is 0 Å². The molecule has 2 aromatic rings. The summed E-state index contributed by atoms with van der Waals surface area (Å²) < 4.78 is 26.9. The van der Waals surface area contributed by atoms with Crippen molar-refractivity contribution in [1.82, 2.24) is 25.2 Å². The number of nitrogens with zero attached hydrogens (tertiary/aromatic N) is 3. The molecule has 0 saturated heterocycles. The highest BCUT2D eigenvalue weighted by atomic mass is 127. The van der Waals surface area contributed by atoms with E-state index in [2.05, 4.69) is 25.3 Å². The summed E-state index contributed by atoms with van der Waals surface area (Å²) >= 11 is 0. The van der Waals surface area contributed by atoms with E-state index in [1.165, 1.54) is 18.5 Å². The molecule has 2 rings (SSSR count). The van der Waals surface area contributed by atoms with Crippen LogP contribution in [-0.2, 0) is 16.4 Å².